The Kier molecular flexibility index (Phi) is 4.68. The number of rotatable bonds is 4. The van der Waals surface area contributed by atoms with Crippen LogP contribution in [-0.4, -0.2) is 38.4 Å². The first-order valence-electron chi connectivity index (χ1n) is 9.27. The Labute approximate surface area is 165 Å². The van der Waals surface area contributed by atoms with E-state index in [1.807, 2.05) is 0 Å². The number of amides is 1. The molecule has 0 radical (unpaired) electrons. The third-order valence-electron chi connectivity index (χ3n) is 5.16. The van der Waals surface area contributed by atoms with Gasteiger partial charge >= 0.3 is 6.18 Å². The van der Waals surface area contributed by atoms with Gasteiger partial charge in [0.2, 0.25) is 5.91 Å². The zero-order chi connectivity index (χ0) is 20.8. The van der Waals surface area contributed by atoms with Gasteiger partial charge in [-0.3, -0.25) is 4.79 Å². The lowest BCUT2D eigenvalue weighted by Crippen LogP contribution is -2.43. The number of imidazole rings is 1. The Morgan fingerprint density at radius 2 is 1.86 bits per heavy atom. The van der Waals surface area contributed by atoms with Crippen LogP contribution in [0.4, 0.5) is 24.7 Å². The number of nitrogens with one attached hydrogen (secondary N) is 1. The molecule has 152 valence electrons. The van der Waals surface area contributed by atoms with Crippen LogP contribution in [0.2, 0.25) is 0 Å². The van der Waals surface area contributed by atoms with Gasteiger partial charge in [0.1, 0.15) is 12.1 Å². The lowest BCUT2D eigenvalue weighted by atomic mass is 10.0. The number of alkyl halides is 3. The Morgan fingerprint density at radius 3 is 2.45 bits per heavy atom. The number of aryl methyl sites for hydroxylation is 2. The average Bonchev–Trinajstić information content (AvgIpc) is 2.99. The summed E-state index contributed by atoms with van der Waals surface area (Å²) in [5.74, 6) is 0.472. The van der Waals surface area contributed by atoms with E-state index < -0.39 is 11.7 Å². The number of pyridine rings is 1. The maximum Gasteiger partial charge on any atom is 0.416 e. The molecular formula is C20H20F3N5O. The van der Waals surface area contributed by atoms with Gasteiger partial charge in [0.25, 0.3) is 0 Å². The zero-order valence-electron chi connectivity index (χ0n) is 16.0. The minimum absolute atomic E-state index is 0.0382. The van der Waals surface area contributed by atoms with Crippen LogP contribution in [0, 0.1) is 13.8 Å². The summed E-state index contributed by atoms with van der Waals surface area (Å²) < 4.78 is 40.9. The molecule has 0 spiro atoms. The number of benzene rings is 1. The standard InChI is InChI=1S/C20H20F3N5O/c1-12-8-14(20(21,22)23)9-13(2)17(12)26-19-18-15(4-5-24-19)28(11-25-18)10-16(29)27-6-3-7-27/h4-5,8-9,11H,3,6-7,10H2,1-2H3,(H,24,26). The molecule has 0 aliphatic carbocycles. The fourth-order valence-electron chi connectivity index (χ4n) is 3.46. The maximum atomic E-state index is 13.0. The molecule has 6 nitrogen and oxygen atoms in total. The topological polar surface area (TPSA) is 63.1 Å². The summed E-state index contributed by atoms with van der Waals surface area (Å²) in [6.07, 6.45) is -0.193. The van der Waals surface area contributed by atoms with Crippen molar-refractivity contribution in [2.75, 3.05) is 18.4 Å². The quantitative estimate of drug-likeness (QED) is 0.714. The van der Waals surface area contributed by atoms with E-state index >= 15 is 0 Å². The van der Waals surface area contributed by atoms with Crippen LogP contribution in [-0.2, 0) is 17.5 Å². The summed E-state index contributed by atoms with van der Waals surface area (Å²) in [5.41, 5.74) is 2.09. The van der Waals surface area contributed by atoms with Crippen molar-refractivity contribution >= 4 is 28.4 Å². The lowest BCUT2D eigenvalue weighted by Gasteiger charge is -2.31. The number of carbonyl (C=O) groups excluding carboxylic acids is 1. The van der Waals surface area contributed by atoms with E-state index in [9.17, 15) is 18.0 Å². The van der Waals surface area contributed by atoms with Crippen molar-refractivity contribution in [2.24, 2.45) is 0 Å². The van der Waals surface area contributed by atoms with Gasteiger partial charge in [0, 0.05) is 25.0 Å². The first-order chi connectivity index (χ1) is 13.7. The van der Waals surface area contributed by atoms with E-state index in [-0.39, 0.29) is 12.5 Å². The van der Waals surface area contributed by atoms with E-state index in [4.69, 9.17) is 0 Å². The van der Waals surface area contributed by atoms with Crippen molar-refractivity contribution in [3.63, 3.8) is 0 Å². The molecule has 3 heterocycles. The first kappa shape index (κ1) is 19.2. The van der Waals surface area contributed by atoms with E-state index in [1.165, 1.54) is 0 Å². The molecule has 1 saturated heterocycles. The minimum Gasteiger partial charge on any atom is -0.341 e. The summed E-state index contributed by atoms with van der Waals surface area (Å²) in [5, 5.41) is 3.12. The molecule has 0 bridgehead atoms. The molecule has 29 heavy (non-hydrogen) atoms. The molecule has 4 rings (SSSR count). The van der Waals surface area contributed by atoms with Crippen LogP contribution in [0.15, 0.2) is 30.7 Å². The van der Waals surface area contributed by atoms with Crippen molar-refractivity contribution in [1.29, 1.82) is 0 Å². The number of aromatic nitrogens is 3. The first-order valence-corrected chi connectivity index (χ1v) is 9.27. The molecule has 1 amide bonds. The molecule has 1 aromatic carbocycles. The molecule has 1 N–H and O–H groups in total. The van der Waals surface area contributed by atoms with Crippen molar-refractivity contribution in [2.45, 2.75) is 33.0 Å². The minimum atomic E-state index is -4.39. The molecule has 9 heteroatoms. The molecule has 0 unspecified atom stereocenters. The Bertz CT molecular complexity index is 1060. The monoisotopic (exact) mass is 403 g/mol. The molecule has 1 aliphatic heterocycles. The zero-order valence-corrected chi connectivity index (χ0v) is 16.0. The summed E-state index contributed by atoms with van der Waals surface area (Å²) in [7, 11) is 0. The van der Waals surface area contributed by atoms with Crippen LogP contribution in [0.25, 0.3) is 11.0 Å². The molecule has 0 saturated carbocycles. The second kappa shape index (κ2) is 7.06. The summed E-state index contributed by atoms with van der Waals surface area (Å²) in [6.45, 7) is 5.00. The van der Waals surface area contributed by atoms with Gasteiger partial charge in [0.15, 0.2) is 5.82 Å². The number of anilines is 2. The number of fused-ring (bicyclic) bond motifs is 1. The number of carbonyl (C=O) groups is 1. The highest BCUT2D eigenvalue weighted by Gasteiger charge is 2.31. The highest BCUT2D eigenvalue weighted by atomic mass is 19.4. The van der Waals surface area contributed by atoms with E-state index in [0.29, 0.717) is 28.1 Å². The molecular weight excluding hydrogens is 383 g/mol. The van der Waals surface area contributed by atoms with E-state index in [0.717, 1.165) is 37.2 Å². The Morgan fingerprint density at radius 1 is 1.17 bits per heavy atom. The number of likely N-dealkylation sites (tertiary alicyclic amines) is 1. The van der Waals surface area contributed by atoms with E-state index in [1.54, 1.807) is 41.9 Å². The van der Waals surface area contributed by atoms with Gasteiger partial charge in [-0.05, 0) is 49.6 Å². The van der Waals surface area contributed by atoms with Crippen molar-refractivity contribution in [1.82, 2.24) is 19.4 Å². The normalized spacial score (nSPS) is 14.2. The predicted octanol–water partition coefficient (Wildman–Crippen LogP) is 4.04. The fraction of sp³-hybridized carbons (Fsp3) is 0.350. The number of halogens is 3. The van der Waals surface area contributed by atoms with Crippen molar-refractivity contribution in [3.05, 3.63) is 47.4 Å². The van der Waals surface area contributed by atoms with Gasteiger partial charge in [0.05, 0.1) is 17.4 Å². The van der Waals surface area contributed by atoms with Gasteiger partial charge in [-0.15, -0.1) is 0 Å². The smallest absolute Gasteiger partial charge is 0.341 e. The summed E-state index contributed by atoms with van der Waals surface area (Å²) in [4.78, 5) is 22.7. The van der Waals surface area contributed by atoms with Gasteiger partial charge in [-0.2, -0.15) is 13.2 Å². The third kappa shape index (κ3) is 3.64. The SMILES string of the molecule is Cc1cc(C(F)(F)F)cc(C)c1Nc1nccc2c1ncn2CC(=O)N1CCC1. The maximum absolute atomic E-state index is 13.0. The number of hydrogen-bond acceptors (Lipinski definition) is 4. The van der Waals surface area contributed by atoms with Gasteiger partial charge < -0.3 is 14.8 Å². The highest BCUT2D eigenvalue weighted by molar-refractivity contribution is 5.89. The molecule has 2 aromatic heterocycles. The third-order valence-corrected chi connectivity index (χ3v) is 5.16. The number of hydrogen-bond donors (Lipinski definition) is 1. The Balaban J connectivity index is 1.64. The van der Waals surface area contributed by atoms with Crippen molar-refractivity contribution in [3.8, 4) is 0 Å². The predicted molar refractivity (Wildman–Crippen MR) is 103 cm³/mol. The molecule has 3 aromatic rings. The largest absolute Gasteiger partial charge is 0.416 e. The molecule has 1 fully saturated rings. The van der Waals surface area contributed by atoms with Crippen LogP contribution < -0.4 is 5.32 Å². The van der Waals surface area contributed by atoms with Crippen molar-refractivity contribution < 1.29 is 18.0 Å². The van der Waals surface area contributed by atoms with E-state index in [2.05, 4.69) is 15.3 Å². The summed E-state index contributed by atoms with van der Waals surface area (Å²) >= 11 is 0. The molecule has 1 aliphatic rings. The van der Waals surface area contributed by atoms with Crippen LogP contribution in [0.5, 0.6) is 0 Å². The van der Waals surface area contributed by atoms with Gasteiger partial charge in [-0.25, -0.2) is 9.97 Å². The van der Waals surface area contributed by atoms with Crippen LogP contribution in [0.1, 0.15) is 23.1 Å². The lowest BCUT2D eigenvalue weighted by molar-refractivity contribution is -0.137. The highest BCUT2D eigenvalue weighted by Crippen LogP contribution is 2.35. The second-order valence-corrected chi connectivity index (χ2v) is 7.24. The number of nitrogens with zero attached hydrogens (tertiary/aromatic N) is 4. The second-order valence-electron chi connectivity index (χ2n) is 7.24. The molecule has 0 atom stereocenters. The van der Waals surface area contributed by atoms with Crippen LogP contribution >= 0.6 is 0 Å². The van der Waals surface area contributed by atoms with Gasteiger partial charge in [-0.1, -0.05) is 0 Å². The Hall–Kier alpha value is -3.10. The van der Waals surface area contributed by atoms with Crippen LogP contribution in [0.3, 0.4) is 0 Å². The summed E-state index contributed by atoms with van der Waals surface area (Å²) in [6, 6.07) is 3.99. The fourth-order valence-corrected chi connectivity index (χ4v) is 3.46. The average molecular weight is 403 g/mol.